The molecule has 1 aliphatic heterocycles. The van der Waals surface area contributed by atoms with Gasteiger partial charge in [-0.2, -0.15) is 0 Å². The van der Waals surface area contributed by atoms with Gasteiger partial charge in [0.15, 0.2) is 0 Å². The fourth-order valence-corrected chi connectivity index (χ4v) is 5.10. The molecule has 3 fully saturated rings. The molecule has 1 aromatic rings. The van der Waals surface area contributed by atoms with E-state index in [4.69, 9.17) is 4.74 Å². The number of anilines is 1. The number of methoxy groups -OCH3 is 1. The first kappa shape index (κ1) is 14.0. The number of nitrogens with zero attached hydrogens (tertiary/aromatic N) is 1. The summed E-state index contributed by atoms with van der Waals surface area (Å²) in [6.45, 7) is 0. The smallest absolute Gasteiger partial charge is 0.337 e. The second-order valence-corrected chi connectivity index (χ2v) is 7.21. The minimum absolute atomic E-state index is 0.114. The molecular formula is C19H17NO4. The maximum atomic E-state index is 13.0. The second kappa shape index (κ2) is 4.56. The van der Waals surface area contributed by atoms with E-state index in [-0.39, 0.29) is 35.5 Å². The zero-order valence-electron chi connectivity index (χ0n) is 13.2. The molecule has 2 bridgehead atoms. The molecule has 2 amide bonds. The van der Waals surface area contributed by atoms with Crippen LogP contribution in [0.5, 0.6) is 0 Å². The first-order chi connectivity index (χ1) is 11.6. The van der Waals surface area contributed by atoms with Gasteiger partial charge in [0.2, 0.25) is 11.8 Å². The molecule has 5 aliphatic rings. The van der Waals surface area contributed by atoms with Crippen LogP contribution in [0.3, 0.4) is 0 Å². The van der Waals surface area contributed by atoms with Crippen LogP contribution in [-0.4, -0.2) is 24.9 Å². The Kier molecular flexibility index (Phi) is 2.65. The summed E-state index contributed by atoms with van der Waals surface area (Å²) in [5, 5.41) is 0. The second-order valence-electron chi connectivity index (χ2n) is 7.21. The summed E-state index contributed by atoms with van der Waals surface area (Å²) < 4.78 is 4.73. The summed E-state index contributed by atoms with van der Waals surface area (Å²) in [4.78, 5) is 39.0. The average molecular weight is 323 g/mol. The van der Waals surface area contributed by atoms with Gasteiger partial charge in [-0.15, -0.1) is 0 Å². The van der Waals surface area contributed by atoms with Gasteiger partial charge in [-0.25, -0.2) is 9.69 Å². The summed E-state index contributed by atoms with van der Waals surface area (Å²) in [5.74, 6) is 0.421. The summed E-state index contributed by atoms with van der Waals surface area (Å²) >= 11 is 0. The lowest BCUT2D eigenvalue weighted by Gasteiger charge is -2.37. The van der Waals surface area contributed by atoms with Crippen LogP contribution in [0.1, 0.15) is 16.8 Å². The van der Waals surface area contributed by atoms with Gasteiger partial charge in [0.1, 0.15) is 0 Å². The Bertz CT molecular complexity index is 777. The molecule has 6 atom stereocenters. The Morgan fingerprint density at radius 3 is 2.29 bits per heavy atom. The quantitative estimate of drug-likeness (QED) is 0.475. The summed E-state index contributed by atoms with van der Waals surface area (Å²) in [6.07, 6.45) is 5.45. The third-order valence-electron chi connectivity index (χ3n) is 6.19. The van der Waals surface area contributed by atoms with Crippen LogP contribution >= 0.6 is 0 Å². The van der Waals surface area contributed by atoms with Crippen molar-refractivity contribution in [2.45, 2.75) is 6.42 Å². The zero-order chi connectivity index (χ0) is 16.6. The van der Waals surface area contributed by atoms with E-state index in [1.54, 1.807) is 24.3 Å². The van der Waals surface area contributed by atoms with Crippen LogP contribution < -0.4 is 4.90 Å². The molecule has 122 valence electrons. The summed E-state index contributed by atoms with van der Waals surface area (Å²) in [6, 6.07) is 6.56. The fraction of sp³-hybridized carbons (Fsp3) is 0.421. The highest BCUT2D eigenvalue weighted by molar-refractivity contribution is 6.22. The Morgan fingerprint density at radius 1 is 1.08 bits per heavy atom. The SMILES string of the molecule is COC(=O)c1cccc(N2C(=O)[C@@H]3[C@@H]4C=C[C@H]([C@H]5C[C@H]45)[C@@H]3C2=O)c1. The van der Waals surface area contributed by atoms with Crippen LogP contribution in [0, 0.1) is 35.5 Å². The van der Waals surface area contributed by atoms with E-state index < -0.39 is 5.97 Å². The molecule has 24 heavy (non-hydrogen) atoms. The third kappa shape index (κ3) is 1.62. The number of allylic oxidation sites excluding steroid dienone is 2. The number of rotatable bonds is 2. The van der Waals surface area contributed by atoms with Gasteiger partial charge < -0.3 is 4.74 Å². The standard InChI is InChI=1S/C19H17NO4/c1-24-19(23)9-3-2-4-10(7-9)20-17(21)15-11-5-6-12(14-8-13(11)14)16(15)18(20)22/h2-7,11-16H,8H2,1H3/t11-,12-,13-,14-,15-,16+/m1/s1. The molecule has 5 nitrogen and oxygen atoms in total. The number of imide groups is 1. The van der Waals surface area contributed by atoms with Crippen LogP contribution in [-0.2, 0) is 14.3 Å². The lowest BCUT2D eigenvalue weighted by molar-refractivity contribution is -0.124. The van der Waals surface area contributed by atoms with Gasteiger partial charge in [0.05, 0.1) is 30.2 Å². The molecule has 0 spiro atoms. The number of benzene rings is 1. The Morgan fingerprint density at radius 2 is 1.71 bits per heavy atom. The zero-order valence-corrected chi connectivity index (χ0v) is 13.2. The molecule has 1 aromatic carbocycles. The summed E-state index contributed by atoms with van der Waals surface area (Å²) in [5.41, 5.74) is 0.810. The van der Waals surface area contributed by atoms with Crippen molar-refractivity contribution in [3.63, 3.8) is 0 Å². The van der Waals surface area contributed by atoms with Crippen LogP contribution in [0.15, 0.2) is 36.4 Å². The molecule has 0 radical (unpaired) electrons. The van der Waals surface area contributed by atoms with Crippen molar-refractivity contribution in [2.24, 2.45) is 35.5 Å². The van der Waals surface area contributed by atoms with Gasteiger partial charge in [-0.1, -0.05) is 18.2 Å². The van der Waals surface area contributed by atoms with Gasteiger partial charge in [-0.3, -0.25) is 9.59 Å². The van der Waals surface area contributed by atoms with Gasteiger partial charge in [-0.05, 0) is 48.3 Å². The van der Waals surface area contributed by atoms with E-state index in [9.17, 15) is 14.4 Å². The van der Waals surface area contributed by atoms with E-state index in [2.05, 4.69) is 12.2 Å². The summed E-state index contributed by atoms with van der Waals surface area (Å²) in [7, 11) is 1.31. The van der Waals surface area contributed by atoms with E-state index in [0.29, 0.717) is 23.1 Å². The number of carbonyl (C=O) groups excluding carboxylic acids is 3. The Hall–Kier alpha value is -2.43. The van der Waals surface area contributed by atoms with Crippen LogP contribution in [0.4, 0.5) is 5.69 Å². The molecular weight excluding hydrogens is 306 g/mol. The monoisotopic (exact) mass is 323 g/mol. The molecule has 0 N–H and O–H groups in total. The average Bonchev–Trinajstić information content (AvgIpc) is 3.38. The maximum absolute atomic E-state index is 13.0. The lowest BCUT2D eigenvalue weighted by atomic mass is 9.63. The van der Waals surface area contributed by atoms with Crippen LogP contribution in [0.25, 0.3) is 0 Å². The van der Waals surface area contributed by atoms with Gasteiger partial charge in [0, 0.05) is 0 Å². The maximum Gasteiger partial charge on any atom is 0.337 e. The normalized spacial score (nSPS) is 38.1. The van der Waals surface area contributed by atoms with E-state index in [1.165, 1.54) is 12.0 Å². The van der Waals surface area contributed by atoms with Crippen molar-refractivity contribution in [1.29, 1.82) is 0 Å². The molecule has 1 heterocycles. The number of amides is 2. The molecule has 0 unspecified atom stereocenters. The van der Waals surface area contributed by atoms with Crippen molar-refractivity contribution in [2.75, 3.05) is 12.0 Å². The highest BCUT2D eigenvalue weighted by Gasteiger charge is 2.67. The largest absolute Gasteiger partial charge is 0.465 e. The van der Waals surface area contributed by atoms with Crippen LogP contribution in [0.2, 0.25) is 0 Å². The van der Waals surface area contributed by atoms with E-state index in [1.807, 2.05) is 0 Å². The predicted molar refractivity (Wildman–Crippen MR) is 85.0 cm³/mol. The van der Waals surface area contributed by atoms with Crippen molar-refractivity contribution >= 4 is 23.5 Å². The van der Waals surface area contributed by atoms with Gasteiger partial charge >= 0.3 is 5.97 Å². The number of ether oxygens (including phenoxy) is 1. The molecule has 2 saturated carbocycles. The fourth-order valence-electron chi connectivity index (χ4n) is 5.10. The number of carbonyl (C=O) groups is 3. The molecule has 6 rings (SSSR count). The molecule has 0 aromatic heterocycles. The van der Waals surface area contributed by atoms with E-state index >= 15 is 0 Å². The van der Waals surface area contributed by atoms with Crippen molar-refractivity contribution in [3.05, 3.63) is 42.0 Å². The highest BCUT2D eigenvalue weighted by Crippen LogP contribution is 2.65. The first-order valence-electron chi connectivity index (χ1n) is 8.36. The minimum atomic E-state index is -0.476. The van der Waals surface area contributed by atoms with Gasteiger partial charge in [0.25, 0.3) is 0 Å². The lowest BCUT2D eigenvalue weighted by Crippen LogP contribution is -2.40. The first-order valence-corrected chi connectivity index (χ1v) is 8.36. The third-order valence-corrected chi connectivity index (χ3v) is 6.19. The van der Waals surface area contributed by atoms with Crippen molar-refractivity contribution in [3.8, 4) is 0 Å². The molecule has 5 heteroatoms. The topological polar surface area (TPSA) is 63.7 Å². The van der Waals surface area contributed by atoms with Crippen molar-refractivity contribution < 1.29 is 19.1 Å². The number of hydrogen-bond donors (Lipinski definition) is 0. The number of hydrogen-bond acceptors (Lipinski definition) is 4. The Balaban J connectivity index is 1.54. The van der Waals surface area contributed by atoms with E-state index in [0.717, 1.165) is 6.42 Å². The Labute approximate surface area is 139 Å². The minimum Gasteiger partial charge on any atom is -0.465 e. The molecule has 4 aliphatic carbocycles. The predicted octanol–water partition coefficient (Wildman–Crippen LogP) is 2.03. The number of esters is 1. The highest BCUT2D eigenvalue weighted by atomic mass is 16.5. The molecule has 1 saturated heterocycles. The van der Waals surface area contributed by atoms with Crippen molar-refractivity contribution in [1.82, 2.24) is 0 Å².